The van der Waals surface area contributed by atoms with Gasteiger partial charge in [-0.05, 0) is 66.6 Å². The minimum absolute atomic E-state index is 0.00804. The molecule has 0 bridgehead atoms. The second-order valence-corrected chi connectivity index (χ2v) is 7.69. The van der Waals surface area contributed by atoms with E-state index in [4.69, 9.17) is 0 Å². The third-order valence-corrected chi connectivity index (χ3v) is 5.51. The van der Waals surface area contributed by atoms with E-state index in [2.05, 4.69) is 27.5 Å². The monoisotopic (exact) mass is 421 g/mol. The number of hydrogen-bond donors (Lipinski definition) is 2. The van der Waals surface area contributed by atoms with Crippen LogP contribution in [0.4, 0.5) is 28.4 Å². The van der Waals surface area contributed by atoms with Gasteiger partial charge in [-0.15, -0.1) is 0 Å². The van der Waals surface area contributed by atoms with Crippen molar-refractivity contribution in [2.24, 2.45) is 0 Å². The molecule has 6 heteroatoms. The topological polar surface area (TPSA) is 70.2 Å². The van der Waals surface area contributed by atoms with Gasteiger partial charge in [0.15, 0.2) is 0 Å². The minimum Gasteiger partial charge on any atom is -0.355 e. The molecule has 158 valence electrons. The number of fused-ring (bicyclic) bond motifs is 1. The van der Waals surface area contributed by atoms with E-state index >= 15 is 0 Å². The first-order chi connectivity index (χ1) is 15.7. The molecule has 0 saturated heterocycles. The number of carbonyl (C=O) groups is 1. The molecule has 0 radical (unpaired) electrons. The van der Waals surface area contributed by atoms with Gasteiger partial charge in [-0.2, -0.15) is 0 Å². The molecule has 2 aromatic carbocycles. The van der Waals surface area contributed by atoms with Gasteiger partial charge in [0.05, 0.1) is 6.54 Å². The Morgan fingerprint density at radius 1 is 0.844 bits per heavy atom. The van der Waals surface area contributed by atoms with Gasteiger partial charge in [-0.3, -0.25) is 14.8 Å². The molecule has 0 unspecified atom stereocenters. The Balaban J connectivity index is 1.36. The molecule has 0 atom stereocenters. The first-order valence-corrected chi connectivity index (χ1v) is 10.6. The average molecular weight is 422 g/mol. The lowest BCUT2D eigenvalue weighted by Crippen LogP contribution is -2.22. The molecule has 32 heavy (non-hydrogen) atoms. The Morgan fingerprint density at radius 2 is 1.59 bits per heavy atom. The summed E-state index contributed by atoms with van der Waals surface area (Å²) in [5.41, 5.74) is 7.37. The molecule has 1 amide bonds. The number of aromatic nitrogens is 2. The van der Waals surface area contributed by atoms with Crippen LogP contribution in [0.25, 0.3) is 0 Å². The Kier molecular flexibility index (Phi) is 5.25. The van der Waals surface area contributed by atoms with E-state index in [9.17, 15) is 4.79 Å². The van der Waals surface area contributed by atoms with Gasteiger partial charge in [-0.25, -0.2) is 0 Å². The Hall–Kier alpha value is -4.19. The van der Waals surface area contributed by atoms with Crippen LogP contribution in [-0.2, 0) is 13.0 Å². The van der Waals surface area contributed by atoms with Crippen LogP contribution >= 0.6 is 0 Å². The van der Waals surface area contributed by atoms with Crippen molar-refractivity contribution in [2.75, 3.05) is 15.5 Å². The van der Waals surface area contributed by atoms with Gasteiger partial charge in [0, 0.05) is 58.3 Å². The largest absolute Gasteiger partial charge is 0.355 e. The van der Waals surface area contributed by atoms with E-state index in [1.165, 1.54) is 0 Å². The zero-order valence-electron chi connectivity index (χ0n) is 17.7. The number of hydrogen-bond acceptors (Lipinski definition) is 5. The highest BCUT2D eigenvalue weighted by Gasteiger charge is 2.28. The van der Waals surface area contributed by atoms with Crippen LogP contribution in [-0.4, -0.2) is 15.9 Å². The van der Waals surface area contributed by atoms with E-state index in [-0.39, 0.29) is 5.91 Å². The molecule has 4 aromatic rings. The molecule has 1 aliphatic rings. The highest BCUT2D eigenvalue weighted by atomic mass is 16.2. The van der Waals surface area contributed by atoms with E-state index < -0.39 is 0 Å². The van der Waals surface area contributed by atoms with Crippen molar-refractivity contribution in [3.63, 3.8) is 0 Å². The summed E-state index contributed by atoms with van der Waals surface area (Å²) in [5, 5.41) is 6.75. The first kappa shape index (κ1) is 19.8. The van der Waals surface area contributed by atoms with Crippen molar-refractivity contribution < 1.29 is 4.79 Å². The summed E-state index contributed by atoms with van der Waals surface area (Å²) < 4.78 is 0. The molecule has 3 heterocycles. The fourth-order valence-corrected chi connectivity index (χ4v) is 3.86. The summed E-state index contributed by atoms with van der Waals surface area (Å²) in [6.45, 7) is 2.64. The van der Waals surface area contributed by atoms with Gasteiger partial charge in [0.25, 0.3) is 5.91 Å². The molecular weight excluding hydrogens is 398 g/mol. The molecule has 0 aliphatic carbocycles. The molecule has 5 rings (SSSR count). The number of pyridine rings is 2. The van der Waals surface area contributed by atoms with Crippen LogP contribution in [0, 0.1) is 0 Å². The summed E-state index contributed by atoms with van der Waals surface area (Å²) >= 11 is 0. The predicted molar refractivity (Wildman–Crippen MR) is 128 cm³/mol. The van der Waals surface area contributed by atoms with Crippen LogP contribution in [0.1, 0.15) is 28.5 Å². The normalized spacial score (nSPS) is 12.5. The number of rotatable bonds is 6. The first-order valence-electron chi connectivity index (χ1n) is 10.6. The zero-order valence-corrected chi connectivity index (χ0v) is 17.7. The second-order valence-electron chi connectivity index (χ2n) is 7.69. The predicted octanol–water partition coefficient (Wildman–Crippen LogP) is 5.69. The third kappa shape index (κ3) is 4.03. The van der Waals surface area contributed by atoms with Gasteiger partial charge < -0.3 is 15.5 Å². The minimum atomic E-state index is 0.00804. The summed E-state index contributed by atoms with van der Waals surface area (Å²) in [6.07, 6.45) is 6.16. The number of anilines is 5. The Bertz CT molecular complexity index is 1270. The van der Waals surface area contributed by atoms with E-state index in [0.717, 1.165) is 51.7 Å². The lowest BCUT2D eigenvalue weighted by atomic mass is 10.1. The molecule has 2 N–H and O–H groups in total. The quantitative estimate of drug-likeness (QED) is 0.419. The molecule has 6 nitrogen and oxygen atoms in total. The zero-order chi connectivity index (χ0) is 21.9. The number of amides is 1. The summed E-state index contributed by atoms with van der Waals surface area (Å²) in [5.74, 6) is 0.00804. The molecular formula is C26H23N5O. The van der Waals surface area contributed by atoms with Gasteiger partial charge in [-0.1, -0.05) is 19.1 Å². The van der Waals surface area contributed by atoms with Crippen molar-refractivity contribution in [2.45, 2.75) is 19.9 Å². The highest BCUT2D eigenvalue weighted by Crippen LogP contribution is 2.32. The smallest absolute Gasteiger partial charge is 0.259 e. The SMILES string of the molecule is CCc1cc(Nc2ccc3c(c2)C(=O)N(c2cccc(Nc4ccncc4)c2)C3)ccn1. The van der Waals surface area contributed by atoms with Crippen LogP contribution in [0.2, 0.25) is 0 Å². The van der Waals surface area contributed by atoms with Crippen LogP contribution in [0.5, 0.6) is 0 Å². The molecule has 0 saturated carbocycles. The number of carbonyl (C=O) groups excluding carboxylic acids is 1. The molecule has 0 fully saturated rings. The fraction of sp³-hybridized carbons (Fsp3) is 0.115. The average Bonchev–Trinajstić information content (AvgIpc) is 3.16. The van der Waals surface area contributed by atoms with Crippen molar-refractivity contribution >= 4 is 34.3 Å². The Labute approximate surface area is 187 Å². The van der Waals surface area contributed by atoms with Crippen molar-refractivity contribution in [1.29, 1.82) is 0 Å². The number of benzene rings is 2. The van der Waals surface area contributed by atoms with Crippen LogP contribution < -0.4 is 15.5 Å². The lowest BCUT2D eigenvalue weighted by molar-refractivity contribution is 0.0996. The number of aryl methyl sites for hydroxylation is 1. The van der Waals surface area contributed by atoms with Crippen molar-refractivity contribution in [1.82, 2.24) is 9.97 Å². The van der Waals surface area contributed by atoms with Crippen LogP contribution in [0.3, 0.4) is 0 Å². The molecule has 1 aliphatic heterocycles. The van der Waals surface area contributed by atoms with Gasteiger partial charge in [0.1, 0.15) is 0 Å². The summed E-state index contributed by atoms with van der Waals surface area (Å²) in [6, 6.07) is 21.6. The van der Waals surface area contributed by atoms with Crippen molar-refractivity contribution in [3.05, 3.63) is 102 Å². The van der Waals surface area contributed by atoms with E-state index in [1.54, 1.807) is 18.6 Å². The van der Waals surface area contributed by atoms with Crippen LogP contribution in [0.15, 0.2) is 85.3 Å². The Morgan fingerprint density at radius 3 is 2.44 bits per heavy atom. The van der Waals surface area contributed by atoms with Gasteiger partial charge in [0.2, 0.25) is 0 Å². The maximum absolute atomic E-state index is 13.2. The second kappa shape index (κ2) is 8.51. The van der Waals surface area contributed by atoms with E-state index in [1.807, 2.05) is 71.6 Å². The van der Waals surface area contributed by atoms with Crippen molar-refractivity contribution in [3.8, 4) is 0 Å². The number of nitrogens with one attached hydrogen (secondary N) is 2. The third-order valence-electron chi connectivity index (χ3n) is 5.51. The van der Waals surface area contributed by atoms with E-state index in [0.29, 0.717) is 6.54 Å². The molecule has 2 aromatic heterocycles. The number of nitrogens with zero attached hydrogens (tertiary/aromatic N) is 3. The van der Waals surface area contributed by atoms with Gasteiger partial charge >= 0.3 is 0 Å². The summed E-state index contributed by atoms with van der Waals surface area (Å²) in [4.78, 5) is 23.4. The standard InChI is InChI=1S/C26H23N5O/c1-2-19-14-23(10-13-28-19)30-22-7-6-18-17-31(26(32)25(18)16-22)24-5-3-4-21(15-24)29-20-8-11-27-12-9-20/h3-16H,2,17H2,1H3,(H,27,29)(H,28,30). The maximum Gasteiger partial charge on any atom is 0.259 e. The summed E-state index contributed by atoms with van der Waals surface area (Å²) in [7, 11) is 0. The fourth-order valence-electron chi connectivity index (χ4n) is 3.86. The lowest BCUT2D eigenvalue weighted by Gasteiger charge is -2.17. The molecule has 0 spiro atoms. The maximum atomic E-state index is 13.2. The highest BCUT2D eigenvalue weighted by molar-refractivity contribution is 6.10.